The van der Waals surface area contributed by atoms with Crippen LogP contribution in [0.2, 0.25) is 0 Å². The Kier molecular flexibility index (Phi) is 6.76. The van der Waals surface area contributed by atoms with Gasteiger partial charge in [0.05, 0.1) is 6.61 Å². The predicted molar refractivity (Wildman–Crippen MR) is 107 cm³/mol. The van der Waals surface area contributed by atoms with Crippen LogP contribution in [0.25, 0.3) is 11.0 Å². The van der Waals surface area contributed by atoms with E-state index in [1.54, 1.807) is 31.4 Å². The van der Waals surface area contributed by atoms with Crippen molar-refractivity contribution in [3.05, 3.63) is 82.2 Å². The lowest BCUT2D eigenvalue weighted by molar-refractivity contribution is -0.135. The molecule has 7 heteroatoms. The lowest BCUT2D eigenvalue weighted by atomic mass is 10.2. The van der Waals surface area contributed by atoms with E-state index < -0.39 is 18.2 Å². The molecule has 7 nitrogen and oxygen atoms in total. The Morgan fingerprint density at radius 2 is 1.76 bits per heavy atom. The van der Waals surface area contributed by atoms with Crippen LogP contribution in [0.15, 0.2) is 69.9 Å². The zero-order chi connectivity index (χ0) is 20.6. The highest BCUT2D eigenvalue weighted by Crippen LogP contribution is 2.13. The standard InChI is InChI=1S/C22H21NO6/c1-27-12-11-23(14-16-7-3-2-4-8-16)20(24)15-28-21(25)18-13-17-9-5-6-10-19(17)29-22(18)26/h2-10,13H,11-12,14-15H2,1H3. The van der Waals surface area contributed by atoms with Crippen molar-refractivity contribution in [2.24, 2.45) is 0 Å². The highest BCUT2D eigenvalue weighted by molar-refractivity contribution is 5.94. The zero-order valence-electron chi connectivity index (χ0n) is 16.0. The number of carbonyl (C=O) groups excluding carboxylic acids is 2. The Labute approximate surface area is 167 Å². The van der Waals surface area contributed by atoms with E-state index in [1.165, 1.54) is 11.0 Å². The summed E-state index contributed by atoms with van der Waals surface area (Å²) in [5.74, 6) is -1.28. The number of para-hydroxylation sites is 1. The van der Waals surface area contributed by atoms with E-state index in [-0.39, 0.29) is 11.5 Å². The molecule has 29 heavy (non-hydrogen) atoms. The van der Waals surface area contributed by atoms with Gasteiger partial charge in [0, 0.05) is 25.6 Å². The first-order valence-electron chi connectivity index (χ1n) is 9.09. The molecule has 0 saturated carbocycles. The average Bonchev–Trinajstić information content (AvgIpc) is 2.75. The second-order valence-corrected chi connectivity index (χ2v) is 6.36. The second kappa shape index (κ2) is 9.66. The summed E-state index contributed by atoms with van der Waals surface area (Å²) in [5, 5.41) is 0.594. The van der Waals surface area contributed by atoms with E-state index in [4.69, 9.17) is 13.9 Å². The van der Waals surface area contributed by atoms with E-state index in [1.807, 2.05) is 30.3 Å². The van der Waals surface area contributed by atoms with E-state index in [2.05, 4.69) is 0 Å². The Morgan fingerprint density at radius 3 is 2.52 bits per heavy atom. The molecule has 0 bridgehead atoms. The van der Waals surface area contributed by atoms with Crippen LogP contribution in [0.3, 0.4) is 0 Å². The van der Waals surface area contributed by atoms with Crippen LogP contribution < -0.4 is 5.63 Å². The van der Waals surface area contributed by atoms with Crippen LogP contribution in [0.5, 0.6) is 0 Å². The first kappa shape index (κ1) is 20.3. The van der Waals surface area contributed by atoms with Crippen molar-refractivity contribution in [3.63, 3.8) is 0 Å². The van der Waals surface area contributed by atoms with Gasteiger partial charge < -0.3 is 18.8 Å². The van der Waals surface area contributed by atoms with Gasteiger partial charge in [0.15, 0.2) is 6.61 Å². The van der Waals surface area contributed by atoms with Crippen molar-refractivity contribution in [2.75, 3.05) is 26.9 Å². The number of hydrogen-bond acceptors (Lipinski definition) is 6. The summed E-state index contributed by atoms with van der Waals surface area (Å²) in [7, 11) is 1.55. The van der Waals surface area contributed by atoms with E-state index in [9.17, 15) is 14.4 Å². The monoisotopic (exact) mass is 395 g/mol. The minimum absolute atomic E-state index is 0.247. The molecule has 0 atom stereocenters. The molecule has 0 fully saturated rings. The van der Waals surface area contributed by atoms with Crippen LogP contribution >= 0.6 is 0 Å². The highest BCUT2D eigenvalue weighted by atomic mass is 16.5. The van der Waals surface area contributed by atoms with Crippen molar-refractivity contribution >= 4 is 22.8 Å². The normalized spacial score (nSPS) is 10.7. The Bertz CT molecular complexity index is 1040. The van der Waals surface area contributed by atoms with Gasteiger partial charge in [-0.1, -0.05) is 48.5 Å². The molecule has 0 aliphatic carbocycles. The Hall–Kier alpha value is -3.45. The van der Waals surface area contributed by atoms with Gasteiger partial charge in [-0.05, 0) is 17.7 Å². The average molecular weight is 395 g/mol. The van der Waals surface area contributed by atoms with Crippen LogP contribution in [0.4, 0.5) is 0 Å². The summed E-state index contributed by atoms with van der Waals surface area (Å²) in [4.78, 5) is 38.5. The van der Waals surface area contributed by atoms with Crippen molar-refractivity contribution in [1.29, 1.82) is 0 Å². The molecule has 0 aliphatic heterocycles. The van der Waals surface area contributed by atoms with Crippen molar-refractivity contribution in [3.8, 4) is 0 Å². The molecule has 3 aromatic rings. The SMILES string of the molecule is COCCN(Cc1ccccc1)C(=O)COC(=O)c1cc2ccccc2oc1=O. The molecule has 1 aromatic heterocycles. The van der Waals surface area contributed by atoms with E-state index >= 15 is 0 Å². The smallest absolute Gasteiger partial charge is 0.351 e. The van der Waals surface area contributed by atoms with Gasteiger partial charge in [-0.2, -0.15) is 0 Å². The van der Waals surface area contributed by atoms with Gasteiger partial charge in [0.25, 0.3) is 5.91 Å². The van der Waals surface area contributed by atoms with Crippen LogP contribution in [0.1, 0.15) is 15.9 Å². The molecule has 0 radical (unpaired) electrons. The third kappa shape index (κ3) is 5.30. The summed E-state index contributed by atoms with van der Waals surface area (Å²) in [6, 6.07) is 17.7. The lowest BCUT2D eigenvalue weighted by Crippen LogP contribution is -2.36. The van der Waals surface area contributed by atoms with Crippen molar-refractivity contribution in [1.82, 2.24) is 4.90 Å². The summed E-state index contributed by atoms with van der Waals surface area (Å²) in [6.07, 6.45) is 0. The number of hydrogen-bond donors (Lipinski definition) is 0. The van der Waals surface area contributed by atoms with E-state index in [0.29, 0.717) is 30.7 Å². The van der Waals surface area contributed by atoms with Gasteiger partial charge in [0.1, 0.15) is 11.1 Å². The minimum Gasteiger partial charge on any atom is -0.452 e. The maximum atomic E-state index is 12.6. The number of amides is 1. The Balaban J connectivity index is 1.68. The van der Waals surface area contributed by atoms with Crippen LogP contribution in [-0.2, 0) is 20.8 Å². The second-order valence-electron chi connectivity index (χ2n) is 6.36. The summed E-state index contributed by atoms with van der Waals surface area (Å²) in [5.41, 5.74) is 0.266. The fourth-order valence-corrected chi connectivity index (χ4v) is 2.80. The summed E-state index contributed by atoms with van der Waals surface area (Å²) in [6.45, 7) is 0.570. The maximum absolute atomic E-state index is 12.6. The zero-order valence-corrected chi connectivity index (χ0v) is 16.0. The number of nitrogens with zero attached hydrogens (tertiary/aromatic N) is 1. The first-order valence-corrected chi connectivity index (χ1v) is 9.09. The third-order valence-corrected chi connectivity index (χ3v) is 4.32. The topological polar surface area (TPSA) is 86.0 Å². The fourth-order valence-electron chi connectivity index (χ4n) is 2.80. The molecule has 1 amide bonds. The molecule has 150 valence electrons. The molecular formula is C22H21NO6. The Morgan fingerprint density at radius 1 is 1.03 bits per heavy atom. The molecule has 3 rings (SSSR count). The maximum Gasteiger partial charge on any atom is 0.351 e. The number of benzene rings is 2. The largest absolute Gasteiger partial charge is 0.452 e. The number of carbonyl (C=O) groups is 2. The van der Waals surface area contributed by atoms with Crippen LogP contribution in [0, 0.1) is 0 Å². The molecule has 1 heterocycles. The predicted octanol–water partition coefficient (Wildman–Crippen LogP) is 2.63. The lowest BCUT2D eigenvalue weighted by Gasteiger charge is -2.22. The first-order chi connectivity index (χ1) is 14.1. The summed E-state index contributed by atoms with van der Waals surface area (Å²) >= 11 is 0. The number of rotatable bonds is 8. The minimum atomic E-state index is -0.899. The van der Waals surface area contributed by atoms with Crippen LogP contribution in [-0.4, -0.2) is 43.6 Å². The van der Waals surface area contributed by atoms with Gasteiger partial charge in [0.2, 0.25) is 0 Å². The third-order valence-electron chi connectivity index (χ3n) is 4.32. The number of esters is 1. The summed E-state index contributed by atoms with van der Waals surface area (Å²) < 4.78 is 15.3. The fraction of sp³-hybridized carbons (Fsp3) is 0.227. The molecule has 2 aromatic carbocycles. The quantitative estimate of drug-likeness (QED) is 0.431. The van der Waals surface area contributed by atoms with Gasteiger partial charge in [-0.3, -0.25) is 4.79 Å². The highest BCUT2D eigenvalue weighted by Gasteiger charge is 2.19. The van der Waals surface area contributed by atoms with Gasteiger partial charge in [-0.15, -0.1) is 0 Å². The number of ether oxygens (including phenoxy) is 2. The number of fused-ring (bicyclic) bond motifs is 1. The van der Waals surface area contributed by atoms with Gasteiger partial charge >= 0.3 is 11.6 Å². The van der Waals surface area contributed by atoms with Gasteiger partial charge in [-0.25, -0.2) is 9.59 Å². The molecule has 0 spiro atoms. The van der Waals surface area contributed by atoms with E-state index in [0.717, 1.165) is 5.56 Å². The molecular weight excluding hydrogens is 374 g/mol. The molecule has 0 saturated heterocycles. The number of methoxy groups -OCH3 is 1. The molecule has 0 aliphatic rings. The van der Waals surface area contributed by atoms with Crippen molar-refractivity contribution in [2.45, 2.75) is 6.54 Å². The van der Waals surface area contributed by atoms with Crippen molar-refractivity contribution < 1.29 is 23.5 Å². The molecule has 0 N–H and O–H groups in total. The molecule has 0 unspecified atom stereocenters.